The number of benzene rings is 2. The van der Waals surface area contributed by atoms with Gasteiger partial charge in [0.2, 0.25) is 0 Å². The molecule has 0 bridgehead atoms. The molecule has 0 unspecified atom stereocenters. The number of dihydropyridines is 1. The highest BCUT2D eigenvalue weighted by atomic mass is 19.4. The Morgan fingerprint density at radius 3 is 2.41 bits per heavy atom. The van der Waals surface area contributed by atoms with Crippen molar-refractivity contribution in [2.45, 2.75) is 38.3 Å². The number of carbonyl (C=O) groups excluding carboxylic acids is 2. The molecular weight excluding hydrogens is 447 g/mol. The molecule has 0 fully saturated rings. The number of para-hydroxylation sites is 1. The van der Waals surface area contributed by atoms with Crippen molar-refractivity contribution in [1.82, 2.24) is 5.32 Å². The molecule has 1 aliphatic heterocycles. The minimum atomic E-state index is -4.48. The number of ketones is 1. The fourth-order valence-corrected chi connectivity index (χ4v) is 4.34. The summed E-state index contributed by atoms with van der Waals surface area (Å²) in [5.41, 5.74) is 1.51. The molecule has 178 valence electrons. The lowest BCUT2D eigenvalue weighted by Crippen LogP contribution is -2.34. The van der Waals surface area contributed by atoms with Crippen molar-refractivity contribution in [3.63, 3.8) is 0 Å². The van der Waals surface area contributed by atoms with Gasteiger partial charge in [0.05, 0.1) is 11.1 Å². The van der Waals surface area contributed by atoms with Crippen LogP contribution in [0.3, 0.4) is 0 Å². The van der Waals surface area contributed by atoms with Gasteiger partial charge in [0.1, 0.15) is 19.0 Å². The number of halogens is 3. The summed E-state index contributed by atoms with van der Waals surface area (Å²) in [6, 6.07) is 13.7. The number of esters is 1. The van der Waals surface area contributed by atoms with Crippen molar-refractivity contribution in [3.8, 4) is 5.75 Å². The first kappa shape index (κ1) is 23.6. The largest absolute Gasteiger partial charge is 0.490 e. The number of ether oxygens (including phenoxy) is 2. The smallest absolute Gasteiger partial charge is 0.416 e. The van der Waals surface area contributed by atoms with E-state index in [1.807, 2.05) is 18.2 Å². The molecular formula is C26H24F3NO4. The van der Waals surface area contributed by atoms with Crippen LogP contribution in [-0.4, -0.2) is 25.0 Å². The van der Waals surface area contributed by atoms with Crippen LogP contribution >= 0.6 is 0 Å². The summed E-state index contributed by atoms with van der Waals surface area (Å²) in [4.78, 5) is 26.0. The summed E-state index contributed by atoms with van der Waals surface area (Å²) in [6.45, 7) is 1.81. The van der Waals surface area contributed by atoms with E-state index in [1.54, 1.807) is 19.1 Å². The fraction of sp³-hybridized carbons (Fsp3) is 0.308. The SMILES string of the molecule is CC1=C(C(=O)OCCOc2ccccc2)[C@@H](c2ccc(C(F)(F)F)cc2)C2=C(CCCC2=O)N1. The topological polar surface area (TPSA) is 64.6 Å². The number of alkyl halides is 3. The second kappa shape index (κ2) is 9.75. The lowest BCUT2D eigenvalue weighted by atomic mass is 9.75. The molecule has 2 aliphatic rings. The number of Topliss-reactive ketones (excluding diaryl/α,β-unsaturated/α-hetero) is 1. The Morgan fingerprint density at radius 2 is 1.74 bits per heavy atom. The van der Waals surface area contributed by atoms with E-state index in [1.165, 1.54) is 12.1 Å². The van der Waals surface area contributed by atoms with E-state index in [0.717, 1.165) is 12.1 Å². The van der Waals surface area contributed by atoms with E-state index in [9.17, 15) is 22.8 Å². The summed E-state index contributed by atoms with van der Waals surface area (Å²) in [5.74, 6) is -0.923. The first-order valence-corrected chi connectivity index (χ1v) is 11.0. The summed E-state index contributed by atoms with van der Waals surface area (Å²) in [7, 11) is 0. The van der Waals surface area contributed by atoms with E-state index in [4.69, 9.17) is 9.47 Å². The summed E-state index contributed by atoms with van der Waals surface area (Å²) in [5, 5.41) is 3.16. The molecule has 2 aromatic carbocycles. The minimum absolute atomic E-state index is 0.0237. The minimum Gasteiger partial charge on any atom is -0.490 e. The third-order valence-corrected chi connectivity index (χ3v) is 5.90. The van der Waals surface area contributed by atoms with Crippen LogP contribution in [0.1, 0.15) is 43.2 Å². The van der Waals surface area contributed by atoms with E-state index in [0.29, 0.717) is 47.5 Å². The van der Waals surface area contributed by atoms with Crippen LogP contribution in [0.4, 0.5) is 13.2 Å². The van der Waals surface area contributed by atoms with Gasteiger partial charge >= 0.3 is 12.1 Å². The van der Waals surface area contributed by atoms with Crippen LogP contribution < -0.4 is 10.1 Å². The quantitative estimate of drug-likeness (QED) is 0.458. The van der Waals surface area contributed by atoms with Gasteiger partial charge in [-0.2, -0.15) is 13.2 Å². The van der Waals surface area contributed by atoms with Crippen molar-refractivity contribution in [3.05, 3.63) is 88.3 Å². The van der Waals surface area contributed by atoms with Crippen LogP contribution in [0.25, 0.3) is 0 Å². The molecule has 8 heteroatoms. The first-order valence-electron chi connectivity index (χ1n) is 11.0. The Kier molecular flexibility index (Phi) is 6.77. The number of hydrogen-bond donors (Lipinski definition) is 1. The molecule has 34 heavy (non-hydrogen) atoms. The van der Waals surface area contributed by atoms with Gasteiger partial charge in [0.25, 0.3) is 0 Å². The molecule has 2 aromatic rings. The number of carbonyl (C=O) groups is 2. The molecule has 4 rings (SSSR count). The highest BCUT2D eigenvalue weighted by molar-refractivity contribution is 6.03. The van der Waals surface area contributed by atoms with Crippen LogP contribution in [0.2, 0.25) is 0 Å². The Labute approximate surface area is 195 Å². The average Bonchev–Trinajstić information content (AvgIpc) is 2.81. The zero-order chi connectivity index (χ0) is 24.3. The number of hydrogen-bond acceptors (Lipinski definition) is 5. The molecule has 0 aromatic heterocycles. The molecule has 1 heterocycles. The predicted octanol–water partition coefficient (Wildman–Crippen LogP) is 5.30. The maximum absolute atomic E-state index is 13.1. The second-order valence-electron chi connectivity index (χ2n) is 8.18. The van der Waals surface area contributed by atoms with Crippen LogP contribution in [-0.2, 0) is 20.5 Å². The highest BCUT2D eigenvalue weighted by Gasteiger charge is 2.39. The second-order valence-corrected chi connectivity index (χ2v) is 8.18. The molecule has 1 N–H and O–H groups in total. The third kappa shape index (κ3) is 5.00. The average molecular weight is 471 g/mol. The molecule has 5 nitrogen and oxygen atoms in total. The molecule has 1 atom stereocenters. The zero-order valence-electron chi connectivity index (χ0n) is 18.6. The highest BCUT2D eigenvalue weighted by Crippen LogP contribution is 2.43. The van der Waals surface area contributed by atoms with E-state index in [-0.39, 0.29) is 24.6 Å². The molecule has 0 saturated heterocycles. The van der Waals surface area contributed by atoms with Gasteiger partial charge < -0.3 is 14.8 Å². The molecule has 1 aliphatic carbocycles. The summed E-state index contributed by atoms with van der Waals surface area (Å²) < 4.78 is 50.3. The lowest BCUT2D eigenvalue weighted by Gasteiger charge is -2.34. The third-order valence-electron chi connectivity index (χ3n) is 5.90. The van der Waals surface area contributed by atoms with E-state index in [2.05, 4.69) is 5.32 Å². The lowest BCUT2D eigenvalue weighted by molar-refractivity contribution is -0.140. The number of rotatable bonds is 6. The summed E-state index contributed by atoms with van der Waals surface area (Å²) >= 11 is 0. The maximum Gasteiger partial charge on any atom is 0.416 e. The summed E-state index contributed by atoms with van der Waals surface area (Å²) in [6.07, 6.45) is -2.86. The normalized spacial score (nSPS) is 18.4. The Hall–Kier alpha value is -3.55. The Bertz CT molecular complexity index is 1130. The van der Waals surface area contributed by atoms with Crippen molar-refractivity contribution >= 4 is 11.8 Å². The van der Waals surface area contributed by atoms with Crippen molar-refractivity contribution in [2.75, 3.05) is 13.2 Å². The van der Waals surface area contributed by atoms with E-state index < -0.39 is 23.6 Å². The maximum atomic E-state index is 13.1. The number of nitrogens with one attached hydrogen (secondary N) is 1. The fourth-order valence-electron chi connectivity index (χ4n) is 4.34. The van der Waals surface area contributed by atoms with Crippen molar-refractivity contribution in [2.24, 2.45) is 0 Å². The molecule has 0 radical (unpaired) electrons. The van der Waals surface area contributed by atoms with Gasteiger partial charge in [0, 0.05) is 29.3 Å². The van der Waals surface area contributed by atoms with Crippen LogP contribution in [0.15, 0.2) is 77.1 Å². The van der Waals surface area contributed by atoms with Crippen LogP contribution in [0, 0.1) is 0 Å². The standard InChI is InChI=1S/C26H24F3NO4/c1-16-22(25(32)34-15-14-33-19-6-3-2-4-7-19)23(24-20(30-16)8-5-9-21(24)31)17-10-12-18(13-11-17)26(27,28)29/h2-4,6-7,10-13,23,30H,5,8-9,14-15H2,1H3/t23-/m1/s1. The molecule has 0 saturated carbocycles. The van der Waals surface area contributed by atoms with Gasteiger partial charge in [-0.05, 0) is 49.6 Å². The first-order chi connectivity index (χ1) is 16.3. The molecule has 0 spiro atoms. The monoisotopic (exact) mass is 471 g/mol. The molecule has 0 amide bonds. The van der Waals surface area contributed by atoms with E-state index >= 15 is 0 Å². The van der Waals surface area contributed by atoms with Gasteiger partial charge in [-0.1, -0.05) is 30.3 Å². The van der Waals surface area contributed by atoms with Gasteiger partial charge in [-0.25, -0.2) is 4.79 Å². The Balaban J connectivity index is 1.59. The Morgan fingerprint density at radius 1 is 1.03 bits per heavy atom. The predicted molar refractivity (Wildman–Crippen MR) is 119 cm³/mol. The van der Waals surface area contributed by atoms with Crippen molar-refractivity contribution in [1.29, 1.82) is 0 Å². The van der Waals surface area contributed by atoms with Gasteiger partial charge in [0.15, 0.2) is 5.78 Å². The van der Waals surface area contributed by atoms with Gasteiger partial charge in [-0.15, -0.1) is 0 Å². The van der Waals surface area contributed by atoms with Crippen molar-refractivity contribution < 1.29 is 32.2 Å². The van der Waals surface area contributed by atoms with Crippen LogP contribution in [0.5, 0.6) is 5.75 Å². The zero-order valence-corrected chi connectivity index (χ0v) is 18.6. The number of allylic oxidation sites excluding steroid dienone is 3. The van der Waals surface area contributed by atoms with Gasteiger partial charge in [-0.3, -0.25) is 4.79 Å².